The van der Waals surface area contributed by atoms with Crippen LogP contribution in [0.15, 0.2) is 23.0 Å². The molecule has 1 heterocycles. The van der Waals surface area contributed by atoms with Crippen LogP contribution in [-0.4, -0.2) is 64.8 Å². The smallest absolute Gasteiger partial charge is 0.380 e. The zero-order chi connectivity index (χ0) is 17.6. The highest BCUT2D eigenvalue weighted by molar-refractivity contribution is 5.97. The summed E-state index contributed by atoms with van der Waals surface area (Å²) in [5.41, 5.74) is 0. The second-order valence-electron chi connectivity index (χ2n) is 4.32. The van der Waals surface area contributed by atoms with Crippen molar-refractivity contribution in [3.8, 4) is 0 Å². The Bertz CT molecular complexity index is 520. The normalized spacial score (nSPS) is 23.4. The summed E-state index contributed by atoms with van der Waals surface area (Å²) >= 11 is 0. The van der Waals surface area contributed by atoms with Crippen molar-refractivity contribution in [1.82, 2.24) is 0 Å². The number of hydrogen-bond acceptors (Lipinski definition) is 9. The zero-order valence-corrected chi connectivity index (χ0v) is 13.6. The van der Waals surface area contributed by atoms with Gasteiger partial charge in [-0.1, -0.05) is 0 Å². The first-order valence-corrected chi connectivity index (χ1v) is 6.54. The maximum atomic E-state index is 11.0. The number of aliphatic hydroxyl groups excluding tert-OH is 1. The van der Waals surface area contributed by atoms with E-state index in [0.717, 1.165) is 0 Å². The van der Waals surface area contributed by atoms with Crippen molar-refractivity contribution in [2.75, 3.05) is 35.5 Å². The Labute approximate surface area is 133 Å². The molecule has 0 saturated heterocycles. The first kappa shape index (κ1) is 18.8. The van der Waals surface area contributed by atoms with Gasteiger partial charge < -0.3 is 33.5 Å². The Morgan fingerprint density at radius 1 is 0.913 bits per heavy atom. The summed E-state index contributed by atoms with van der Waals surface area (Å²) in [6.07, 6.45) is -1.55. The van der Waals surface area contributed by atoms with Crippen LogP contribution in [0.3, 0.4) is 0 Å². The fourth-order valence-corrected chi connectivity index (χ4v) is 2.03. The molecule has 0 aromatic rings. The van der Waals surface area contributed by atoms with Gasteiger partial charge in [0.15, 0.2) is 5.76 Å². The minimum atomic E-state index is -0.831. The van der Waals surface area contributed by atoms with Crippen LogP contribution >= 0.6 is 0 Å². The standard InChI is InChI=1S/C7H10O5.C7H10O4/c1-9-4-5(10-2)7(11-3)12-6(4)8;1-10-6-4(8)3-5(9)7(6)11-2/h7H,1-3H3;4,8H,3H2,1-2H3. The van der Waals surface area contributed by atoms with Crippen molar-refractivity contribution < 1.29 is 43.1 Å². The van der Waals surface area contributed by atoms with E-state index in [9.17, 15) is 14.7 Å². The van der Waals surface area contributed by atoms with Gasteiger partial charge in [-0.2, -0.15) is 0 Å². The molecule has 2 rings (SSSR count). The summed E-state index contributed by atoms with van der Waals surface area (Å²) in [5.74, 6) is -0.0788. The summed E-state index contributed by atoms with van der Waals surface area (Å²) in [6, 6.07) is 0. The van der Waals surface area contributed by atoms with Crippen LogP contribution in [0.25, 0.3) is 0 Å². The fraction of sp³-hybridized carbons (Fsp3) is 0.571. The van der Waals surface area contributed by atoms with Crippen LogP contribution in [0.1, 0.15) is 6.42 Å². The first-order chi connectivity index (χ1) is 10.9. The minimum absolute atomic E-state index is 0.0596. The quantitative estimate of drug-likeness (QED) is 0.687. The zero-order valence-electron chi connectivity index (χ0n) is 13.6. The number of carbonyl (C=O) groups excluding carboxylic acids is 2. The number of ketones is 1. The van der Waals surface area contributed by atoms with Gasteiger partial charge in [0.25, 0.3) is 6.29 Å². The lowest BCUT2D eigenvalue weighted by atomic mass is 10.3. The van der Waals surface area contributed by atoms with Crippen LogP contribution in [0.2, 0.25) is 0 Å². The van der Waals surface area contributed by atoms with Crippen LogP contribution in [0.5, 0.6) is 0 Å². The Hall–Kier alpha value is -2.26. The van der Waals surface area contributed by atoms with Crippen LogP contribution < -0.4 is 0 Å². The highest BCUT2D eigenvalue weighted by Gasteiger charge is 2.37. The maximum absolute atomic E-state index is 11.0. The lowest BCUT2D eigenvalue weighted by molar-refractivity contribution is -0.160. The van der Waals surface area contributed by atoms with Gasteiger partial charge in [-0.15, -0.1) is 0 Å². The number of cyclic esters (lactones) is 1. The van der Waals surface area contributed by atoms with Gasteiger partial charge in [0.1, 0.15) is 6.10 Å². The fourth-order valence-electron chi connectivity index (χ4n) is 2.03. The second kappa shape index (κ2) is 8.39. The van der Waals surface area contributed by atoms with Crippen molar-refractivity contribution in [3.63, 3.8) is 0 Å². The molecule has 0 spiro atoms. The molecule has 2 unspecified atom stereocenters. The van der Waals surface area contributed by atoms with Gasteiger partial charge in [-0.05, 0) is 0 Å². The van der Waals surface area contributed by atoms with Crippen molar-refractivity contribution >= 4 is 11.8 Å². The number of allylic oxidation sites excluding steroid dienone is 1. The van der Waals surface area contributed by atoms with E-state index in [4.69, 9.17) is 28.4 Å². The minimum Gasteiger partial charge on any atom is -0.494 e. The lowest BCUT2D eigenvalue weighted by Gasteiger charge is -2.08. The van der Waals surface area contributed by atoms with E-state index in [1.54, 1.807) is 0 Å². The first-order valence-electron chi connectivity index (χ1n) is 6.54. The van der Waals surface area contributed by atoms with Crippen molar-refractivity contribution in [2.24, 2.45) is 0 Å². The molecule has 130 valence electrons. The Morgan fingerprint density at radius 2 is 1.48 bits per heavy atom. The third-order valence-electron chi connectivity index (χ3n) is 3.06. The van der Waals surface area contributed by atoms with E-state index in [1.165, 1.54) is 35.5 Å². The van der Waals surface area contributed by atoms with Gasteiger partial charge >= 0.3 is 5.97 Å². The summed E-state index contributed by atoms with van der Waals surface area (Å²) in [4.78, 5) is 21.9. The molecule has 23 heavy (non-hydrogen) atoms. The van der Waals surface area contributed by atoms with E-state index < -0.39 is 18.4 Å². The van der Waals surface area contributed by atoms with Gasteiger partial charge in [0.05, 0.1) is 28.4 Å². The molecule has 0 bridgehead atoms. The number of carbonyl (C=O) groups is 2. The number of rotatable bonds is 5. The van der Waals surface area contributed by atoms with E-state index in [0.29, 0.717) is 0 Å². The number of methoxy groups -OCH3 is 5. The van der Waals surface area contributed by atoms with E-state index in [-0.39, 0.29) is 35.2 Å². The molecule has 2 aliphatic rings. The van der Waals surface area contributed by atoms with Gasteiger partial charge in [0.2, 0.25) is 23.1 Å². The molecule has 9 nitrogen and oxygen atoms in total. The van der Waals surface area contributed by atoms with Crippen LogP contribution in [0.4, 0.5) is 0 Å². The summed E-state index contributed by atoms with van der Waals surface area (Å²) in [6.45, 7) is 0. The highest BCUT2D eigenvalue weighted by Crippen LogP contribution is 2.24. The molecule has 9 heteroatoms. The molecule has 0 saturated carbocycles. The van der Waals surface area contributed by atoms with Gasteiger partial charge in [-0.3, -0.25) is 4.79 Å². The molecule has 1 aliphatic carbocycles. The molecule has 1 aliphatic heterocycles. The maximum Gasteiger partial charge on any atom is 0.380 e. The predicted octanol–water partition coefficient (Wildman–Crippen LogP) is -0.155. The molecule has 2 atom stereocenters. The van der Waals surface area contributed by atoms with E-state index in [1.807, 2.05) is 0 Å². The van der Waals surface area contributed by atoms with Gasteiger partial charge in [-0.25, -0.2) is 4.79 Å². The topological polar surface area (TPSA) is 110 Å². The number of hydrogen-bond donors (Lipinski definition) is 1. The Morgan fingerprint density at radius 3 is 1.87 bits per heavy atom. The molecule has 0 amide bonds. The highest BCUT2D eigenvalue weighted by atomic mass is 16.7. The van der Waals surface area contributed by atoms with Crippen LogP contribution in [0, 0.1) is 0 Å². The number of ether oxygens (including phenoxy) is 6. The molecular weight excluding hydrogens is 312 g/mol. The number of esters is 1. The summed E-state index contributed by atoms with van der Waals surface area (Å²) in [5, 5.41) is 9.18. The average Bonchev–Trinajstić information content (AvgIpc) is 3.01. The van der Waals surface area contributed by atoms with Crippen LogP contribution in [-0.2, 0) is 38.0 Å². The predicted molar refractivity (Wildman–Crippen MR) is 74.6 cm³/mol. The molecule has 0 fully saturated rings. The second-order valence-corrected chi connectivity index (χ2v) is 4.32. The van der Waals surface area contributed by atoms with Crippen molar-refractivity contribution in [2.45, 2.75) is 18.8 Å². The Kier molecular flexibility index (Phi) is 6.86. The SMILES string of the molecule is COC1=C(OC)C(O)CC1=O.COC1=C(OC)C(OC)OC1=O. The van der Waals surface area contributed by atoms with E-state index >= 15 is 0 Å². The molecule has 1 N–H and O–H groups in total. The van der Waals surface area contributed by atoms with Crippen molar-refractivity contribution in [3.05, 3.63) is 23.0 Å². The van der Waals surface area contributed by atoms with Crippen molar-refractivity contribution in [1.29, 1.82) is 0 Å². The average molecular weight is 332 g/mol. The number of aliphatic hydroxyl groups is 1. The monoisotopic (exact) mass is 332 g/mol. The number of Topliss-reactive ketones (excluding diaryl/α,β-unsaturated/α-hetero) is 1. The molecule has 0 aromatic heterocycles. The third kappa shape index (κ3) is 3.93. The summed E-state index contributed by atoms with van der Waals surface area (Å²) in [7, 11) is 6.98. The molecule has 0 aromatic carbocycles. The largest absolute Gasteiger partial charge is 0.494 e. The van der Waals surface area contributed by atoms with E-state index in [2.05, 4.69) is 0 Å². The summed E-state index contributed by atoms with van der Waals surface area (Å²) < 4.78 is 28.7. The molecular formula is C14H20O9. The lowest BCUT2D eigenvalue weighted by Crippen LogP contribution is -2.14. The Balaban J connectivity index is 0.000000231. The molecule has 0 radical (unpaired) electrons. The van der Waals surface area contributed by atoms with Gasteiger partial charge in [0, 0.05) is 13.5 Å². The third-order valence-corrected chi connectivity index (χ3v) is 3.06.